The van der Waals surface area contributed by atoms with Gasteiger partial charge in [-0.2, -0.15) is 0 Å². The number of rotatable bonds is 4. The van der Waals surface area contributed by atoms with E-state index in [0.717, 1.165) is 15.9 Å². The molecule has 0 bridgehead atoms. The Morgan fingerprint density at radius 2 is 1.65 bits per heavy atom. The monoisotopic (exact) mass is 334 g/mol. The second-order valence-corrected chi connectivity index (χ2v) is 5.78. The zero-order valence-electron chi connectivity index (χ0n) is 11.9. The molecule has 2 aromatic carbocycles. The fraction of sp³-hybridized carbons (Fsp3) is 0.250. The molecule has 0 amide bonds. The highest BCUT2D eigenvalue weighted by Crippen LogP contribution is 2.33. The number of nitrogens with zero attached hydrogens (tertiary/aromatic N) is 1. The number of halogens is 1. The minimum Gasteiger partial charge on any atom is -0.496 e. The van der Waals surface area contributed by atoms with Crippen molar-refractivity contribution in [3.63, 3.8) is 0 Å². The average molecular weight is 335 g/mol. The molecular formula is C16H19BrN2O. The summed E-state index contributed by atoms with van der Waals surface area (Å²) >= 11 is 3.55. The van der Waals surface area contributed by atoms with Crippen LogP contribution < -0.4 is 10.5 Å². The van der Waals surface area contributed by atoms with Crippen LogP contribution in [-0.4, -0.2) is 26.1 Å². The van der Waals surface area contributed by atoms with Gasteiger partial charge in [0.25, 0.3) is 0 Å². The molecule has 3 nitrogen and oxygen atoms in total. The van der Waals surface area contributed by atoms with Crippen LogP contribution in [0.1, 0.15) is 17.2 Å². The van der Waals surface area contributed by atoms with Crippen LogP contribution >= 0.6 is 15.9 Å². The Morgan fingerprint density at radius 3 is 2.15 bits per heavy atom. The predicted octanol–water partition coefficient (Wildman–Crippen LogP) is 3.69. The number of nitrogens with two attached hydrogens (primary N) is 1. The van der Waals surface area contributed by atoms with E-state index in [-0.39, 0.29) is 6.04 Å². The SMILES string of the molecule is COc1ccc(C(c2ccc(N)cc2)N(C)C)cc1Br. The standard InChI is InChI=1S/C16H19BrN2O/c1-19(2)16(11-4-7-13(18)8-5-11)12-6-9-15(20-3)14(17)10-12/h4-10,16H,18H2,1-3H3. The molecule has 0 aliphatic rings. The van der Waals surface area contributed by atoms with Gasteiger partial charge in [-0.25, -0.2) is 0 Å². The molecule has 2 rings (SSSR count). The molecule has 0 heterocycles. The molecule has 2 aromatic rings. The Balaban J connectivity index is 2.43. The second kappa shape index (κ2) is 6.29. The summed E-state index contributed by atoms with van der Waals surface area (Å²) in [7, 11) is 5.81. The first-order valence-electron chi connectivity index (χ1n) is 6.38. The van der Waals surface area contributed by atoms with Crippen LogP contribution in [0.4, 0.5) is 5.69 Å². The predicted molar refractivity (Wildman–Crippen MR) is 87.1 cm³/mol. The highest BCUT2D eigenvalue weighted by molar-refractivity contribution is 9.10. The molecule has 0 aliphatic heterocycles. The molecule has 1 atom stereocenters. The molecule has 4 heteroatoms. The molecule has 0 aliphatic carbocycles. The number of anilines is 1. The first-order chi connectivity index (χ1) is 9.52. The van der Waals surface area contributed by atoms with E-state index >= 15 is 0 Å². The van der Waals surface area contributed by atoms with E-state index in [1.807, 2.05) is 18.2 Å². The smallest absolute Gasteiger partial charge is 0.133 e. The highest BCUT2D eigenvalue weighted by Gasteiger charge is 2.17. The van der Waals surface area contributed by atoms with Gasteiger partial charge in [0, 0.05) is 5.69 Å². The van der Waals surface area contributed by atoms with Crippen LogP contribution in [0.25, 0.3) is 0 Å². The maximum atomic E-state index is 5.77. The zero-order chi connectivity index (χ0) is 14.7. The van der Waals surface area contributed by atoms with E-state index in [9.17, 15) is 0 Å². The Labute approximate surface area is 128 Å². The van der Waals surface area contributed by atoms with E-state index < -0.39 is 0 Å². The Morgan fingerprint density at radius 1 is 1.05 bits per heavy atom. The first kappa shape index (κ1) is 14.9. The normalized spacial score (nSPS) is 12.4. The lowest BCUT2D eigenvalue weighted by Crippen LogP contribution is -2.21. The minimum atomic E-state index is 0.179. The topological polar surface area (TPSA) is 38.5 Å². The number of benzene rings is 2. The van der Waals surface area contributed by atoms with Gasteiger partial charge in [0.1, 0.15) is 5.75 Å². The number of nitrogen functional groups attached to an aromatic ring is 1. The van der Waals surface area contributed by atoms with Crippen LogP contribution in [0.15, 0.2) is 46.9 Å². The third-order valence-corrected chi connectivity index (χ3v) is 3.88. The lowest BCUT2D eigenvalue weighted by Gasteiger charge is -2.26. The van der Waals surface area contributed by atoms with Crippen molar-refractivity contribution in [3.8, 4) is 5.75 Å². The molecule has 0 aromatic heterocycles. The van der Waals surface area contributed by atoms with Gasteiger partial charge in [-0.15, -0.1) is 0 Å². The Hall–Kier alpha value is -1.52. The van der Waals surface area contributed by atoms with E-state index in [2.05, 4.69) is 59.2 Å². The lowest BCUT2D eigenvalue weighted by molar-refractivity contribution is 0.341. The van der Waals surface area contributed by atoms with Crippen molar-refractivity contribution >= 4 is 21.6 Å². The van der Waals surface area contributed by atoms with Crippen LogP contribution in [0.2, 0.25) is 0 Å². The van der Waals surface area contributed by atoms with Gasteiger partial charge in [0.15, 0.2) is 0 Å². The third-order valence-electron chi connectivity index (χ3n) is 3.26. The van der Waals surface area contributed by atoms with Gasteiger partial charge in [-0.05, 0) is 65.4 Å². The fourth-order valence-electron chi connectivity index (χ4n) is 2.32. The molecule has 2 N–H and O–H groups in total. The Bertz CT molecular complexity index is 582. The average Bonchev–Trinajstić information content (AvgIpc) is 2.41. The summed E-state index contributed by atoms with van der Waals surface area (Å²) in [5.41, 5.74) is 8.96. The number of hydrogen-bond acceptors (Lipinski definition) is 3. The van der Waals surface area contributed by atoms with Crippen molar-refractivity contribution in [2.24, 2.45) is 0 Å². The number of ether oxygens (including phenoxy) is 1. The van der Waals surface area contributed by atoms with Crippen molar-refractivity contribution in [3.05, 3.63) is 58.1 Å². The van der Waals surface area contributed by atoms with Crippen LogP contribution in [0.3, 0.4) is 0 Å². The molecule has 0 fully saturated rings. The number of methoxy groups -OCH3 is 1. The third kappa shape index (κ3) is 3.14. The van der Waals surface area contributed by atoms with E-state index in [0.29, 0.717) is 0 Å². The van der Waals surface area contributed by atoms with Crippen LogP contribution in [0.5, 0.6) is 5.75 Å². The summed E-state index contributed by atoms with van der Waals surface area (Å²) in [6, 6.07) is 14.3. The summed E-state index contributed by atoms with van der Waals surface area (Å²) in [5, 5.41) is 0. The van der Waals surface area contributed by atoms with Crippen molar-refractivity contribution in [2.45, 2.75) is 6.04 Å². The molecule has 0 radical (unpaired) electrons. The fourth-order valence-corrected chi connectivity index (χ4v) is 2.88. The van der Waals surface area contributed by atoms with Crippen molar-refractivity contribution in [1.29, 1.82) is 0 Å². The highest BCUT2D eigenvalue weighted by atomic mass is 79.9. The van der Waals surface area contributed by atoms with Gasteiger partial charge in [0.2, 0.25) is 0 Å². The summed E-state index contributed by atoms with van der Waals surface area (Å²) < 4.78 is 6.24. The van der Waals surface area contributed by atoms with E-state index in [1.165, 1.54) is 11.1 Å². The summed E-state index contributed by atoms with van der Waals surface area (Å²) in [6.07, 6.45) is 0. The van der Waals surface area contributed by atoms with E-state index in [4.69, 9.17) is 10.5 Å². The summed E-state index contributed by atoms with van der Waals surface area (Å²) in [4.78, 5) is 2.18. The van der Waals surface area contributed by atoms with Gasteiger partial charge in [0.05, 0.1) is 17.6 Å². The maximum Gasteiger partial charge on any atom is 0.133 e. The molecular weight excluding hydrogens is 316 g/mol. The summed E-state index contributed by atoms with van der Waals surface area (Å²) in [6.45, 7) is 0. The van der Waals surface area contributed by atoms with Crippen LogP contribution in [-0.2, 0) is 0 Å². The van der Waals surface area contributed by atoms with E-state index in [1.54, 1.807) is 7.11 Å². The number of hydrogen-bond donors (Lipinski definition) is 1. The molecule has 1 unspecified atom stereocenters. The molecule has 0 saturated carbocycles. The Kier molecular flexibility index (Phi) is 4.68. The zero-order valence-corrected chi connectivity index (χ0v) is 13.5. The van der Waals surface area contributed by atoms with Crippen molar-refractivity contribution in [2.75, 3.05) is 26.9 Å². The first-order valence-corrected chi connectivity index (χ1v) is 7.17. The molecule has 106 valence electrons. The minimum absolute atomic E-state index is 0.179. The lowest BCUT2D eigenvalue weighted by atomic mass is 9.97. The van der Waals surface area contributed by atoms with Gasteiger partial charge in [-0.1, -0.05) is 18.2 Å². The molecule has 20 heavy (non-hydrogen) atoms. The molecule has 0 saturated heterocycles. The maximum absolute atomic E-state index is 5.77. The molecule has 0 spiro atoms. The van der Waals surface area contributed by atoms with Crippen LogP contribution in [0, 0.1) is 0 Å². The second-order valence-electron chi connectivity index (χ2n) is 4.93. The van der Waals surface area contributed by atoms with Crippen molar-refractivity contribution in [1.82, 2.24) is 4.90 Å². The quantitative estimate of drug-likeness (QED) is 0.866. The van der Waals surface area contributed by atoms with Gasteiger partial charge >= 0.3 is 0 Å². The largest absolute Gasteiger partial charge is 0.496 e. The van der Waals surface area contributed by atoms with Gasteiger partial charge < -0.3 is 10.5 Å². The van der Waals surface area contributed by atoms with Gasteiger partial charge in [-0.3, -0.25) is 4.90 Å². The summed E-state index contributed by atoms with van der Waals surface area (Å²) in [5.74, 6) is 0.837. The van der Waals surface area contributed by atoms with Crippen molar-refractivity contribution < 1.29 is 4.74 Å².